The third-order valence-electron chi connectivity index (χ3n) is 2.51. The zero-order valence-corrected chi connectivity index (χ0v) is 10.8. The van der Waals surface area contributed by atoms with Crippen molar-refractivity contribution in [3.63, 3.8) is 0 Å². The molecule has 0 aromatic heterocycles. The van der Waals surface area contributed by atoms with Crippen LogP contribution in [0, 0.1) is 11.7 Å². The van der Waals surface area contributed by atoms with Crippen molar-refractivity contribution in [1.82, 2.24) is 5.32 Å². The molecule has 1 unspecified atom stereocenters. The quantitative estimate of drug-likeness (QED) is 0.824. The standard InChI is InChI=1S/C13H19ClFN/c1-9(2)7-10(3)16-8-11-12(14)5-4-6-13(11)15/h4-6,9-10,16H,7-8H2,1-3H3. The zero-order valence-electron chi connectivity index (χ0n) is 10.1. The number of hydrogen-bond donors (Lipinski definition) is 1. The van der Waals surface area contributed by atoms with Crippen LogP contribution in [0.25, 0.3) is 0 Å². The summed E-state index contributed by atoms with van der Waals surface area (Å²) >= 11 is 5.94. The maximum atomic E-state index is 13.4. The molecule has 0 spiro atoms. The summed E-state index contributed by atoms with van der Waals surface area (Å²) in [5.41, 5.74) is 0.555. The Bertz CT molecular complexity index is 318. The van der Waals surface area contributed by atoms with E-state index in [-0.39, 0.29) is 5.82 Å². The predicted molar refractivity (Wildman–Crippen MR) is 67.2 cm³/mol. The first-order chi connectivity index (χ1) is 7.50. The topological polar surface area (TPSA) is 12.0 Å². The summed E-state index contributed by atoms with van der Waals surface area (Å²) in [4.78, 5) is 0. The molecule has 0 aliphatic rings. The van der Waals surface area contributed by atoms with E-state index < -0.39 is 0 Å². The van der Waals surface area contributed by atoms with Gasteiger partial charge in [-0.2, -0.15) is 0 Å². The van der Waals surface area contributed by atoms with Crippen molar-refractivity contribution in [3.05, 3.63) is 34.6 Å². The summed E-state index contributed by atoms with van der Waals surface area (Å²) in [6.07, 6.45) is 1.08. The van der Waals surface area contributed by atoms with Crippen molar-refractivity contribution in [2.45, 2.75) is 39.8 Å². The molecule has 1 aromatic rings. The fourth-order valence-electron chi connectivity index (χ4n) is 1.77. The maximum absolute atomic E-state index is 13.4. The molecule has 90 valence electrons. The molecule has 0 heterocycles. The SMILES string of the molecule is CC(C)CC(C)NCc1c(F)cccc1Cl. The van der Waals surface area contributed by atoms with Crippen LogP contribution < -0.4 is 5.32 Å². The third-order valence-corrected chi connectivity index (χ3v) is 2.87. The average Bonchev–Trinajstić information content (AvgIpc) is 2.15. The Morgan fingerprint density at radius 3 is 2.56 bits per heavy atom. The number of nitrogens with one attached hydrogen (secondary N) is 1. The Balaban J connectivity index is 2.54. The van der Waals surface area contributed by atoms with E-state index in [2.05, 4.69) is 26.1 Å². The number of hydrogen-bond acceptors (Lipinski definition) is 1. The van der Waals surface area contributed by atoms with E-state index >= 15 is 0 Å². The number of rotatable bonds is 5. The van der Waals surface area contributed by atoms with Crippen LogP contribution in [-0.4, -0.2) is 6.04 Å². The Hall–Kier alpha value is -0.600. The lowest BCUT2D eigenvalue weighted by molar-refractivity contribution is 0.437. The van der Waals surface area contributed by atoms with Gasteiger partial charge in [0, 0.05) is 23.2 Å². The highest BCUT2D eigenvalue weighted by Gasteiger charge is 2.09. The fourth-order valence-corrected chi connectivity index (χ4v) is 2.00. The molecule has 16 heavy (non-hydrogen) atoms. The molecule has 0 amide bonds. The van der Waals surface area contributed by atoms with Crippen molar-refractivity contribution in [2.75, 3.05) is 0 Å². The van der Waals surface area contributed by atoms with Gasteiger partial charge in [0.05, 0.1) is 0 Å². The summed E-state index contributed by atoms with van der Waals surface area (Å²) in [6.45, 7) is 6.94. The summed E-state index contributed by atoms with van der Waals surface area (Å²) in [7, 11) is 0. The largest absolute Gasteiger partial charge is 0.310 e. The lowest BCUT2D eigenvalue weighted by Crippen LogP contribution is -2.27. The molecule has 1 rings (SSSR count). The van der Waals surface area contributed by atoms with E-state index in [0.717, 1.165) is 6.42 Å². The molecule has 0 aliphatic carbocycles. The smallest absolute Gasteiger partial charge is 0.129 e. The lowest BCUT2D eigenvalue weighted by atomic mass is 10.0. The first kappa shape index (κ1) is 13.5. The van der Waals surface area contributed by atoms with E-state index in [1.54, 1.807) is 12.1 Å². The summed E-state index contributed by atoms with van der Waals surface area (Å²) < 4.78 is 13.4. The van der Waals surface area contributed by atoms with Crippen LogP contribution in [0.4, 0.5) is 4.39 Å². The molecule has 1 aromatic carbocycles. The minimum Gasteiger partial charge on any atom is -0.310 e. The molecule has 3 heteroatoms. The maximum Gasteiger partial charge on any atom is 0.129 e. The van der Waals surface area contributed by atoms with Crippen molar-refractivity contribution in [3.8, 4) is 0 Å². The van der Waals surface area contributed by atoms with Gasteiger partial charge in [0.25, 0.3) is 0 Å². The van der Waals surface area contributed by atoms with Crippen molar-refractivity contribution in [1.29, 1.82) is 0 Å². The van der Waals surface area contributed by atoms with Crippen LogP contribution in [0.1, 0.15) is 32.8 Å². The number of halogens is 2. The zero-order chi connectivity index (χ0) is 12.1. The molecule has 0 fully saturated rings. The fraction of sp³-hybridized carbons (Fsp3) is 0.538. The van der Waals surface area contributed by atoms with E-state index in [1.807, 2.05) is 0 Å². The molecule has 1 atom stereocenters. The summed E-state index contributed by atoms with van der Waals surface area (Å²) in [5, 5.41) is 3.78. The minimum atomic E-state index is -0.239. The highest BCUT2D eigenvalue weighted by atomic mass is 35.5. The van der Waals surface area contributed by atoms with Crippen LogP contribution in [0.2, 0.25) is 5.02 Å². The van der Waals surface area contributed by atoms with Gasteiger partial charge in [-0.05, 0) is 31.4 Å². The highest BCUT2D eigenvalue weighted by molar-refractivity contribution is 6.31. The summed E-state index contributed by atoms with van der Waals surface area (Å²) in [6, 6.07) is 5.15. The molecule has 0 bridgehead atoms. The van der Waals surface area contributed by atoms with Gasteiger partial charge in [-0.1, -0.05) is 31.5 Å². The van der Waals surface area contributed by atoms with Crippen LogP contribution >= 0.6 is 11.6 Å². The van der Waals surface area contributed by atoms with E-state index in [0.29, 0.717) is 29.1 Å². The van der Waals surface area contributed by atoms with Gasteiger partial charge in [0.1, 0.15) is 5.82 Å². The number of benzene rings is 1. The molecule has 0 radical (unpaired) electrons. The molecule has 1 nitrogen and oxygen atoms in total. The minimum absolute atomic E-state index is 0.239. The second kappa shape index (κ2) is 6.21. The van der Waals surface area contributed by atoms with Gasteiger partial charge >= 0.3 is 0 Å². The highest BCUT2D eigenvalue weighted by Crippen LogP contribution is 2.19. The Labute approximate surface area is 102 Å². The van der Waals surface area contributed by atoms with Gasteiger partial charge in [-0.25, -0.2) is 4.39 Å². The molecule has 1 N–H and O–H groups in total. The van der Waals surface area contributed by atoms with Crippen molar-refractivity contribution >= 4 is 11.6 Å². The normalized spacial score (nSPS) is 13.1. The van der Waals surface area contributed by atoms with Crippen LogP contribution in [-0.2, 0) is 6.54 Å². The van der Waals surface area contributed by atoms with E-state index in [1.165, 1.54) is 6.07 Å². The van der Waals surface area contributed by atoms with Gasteiger partial charge in [0.15, 0.2) is 0 Å². The van der Waals surface area contributed by atoms with Gasteiger partial charge in [-0.3, -0.25) is 0 Å². The van der Waals surface area contributed by atoms with Gasteiger partial charge in [0.2, 0.25) is 0 Å². The van der Waals surface area contributed by atoms with Gasteiger partial charge in [-0.15, -0.1) is 0 Å². The molecule has 0 aliphatic heterocycles. The lowest BCUT2D eigenvalue weighted by Gasteiger charge is -2.16. The monoisotopic (exact) mass is 243 g/mol. The summed E-state index contributed by atoms with van der Waals surface area (Å²) in [5.74, 6) is 0.398. The second-order valence-electron chi connectivity index (χ2n) is 4.61. The van der Waals surface area contributed by atoms with Gasteiger partial charge < -0.3 is 5.32 Å². The molecule has 0 saturated carbocycles. The Morgan fingerprint density at radius 1 is 1.31 bits per heavy atom. The Kier molecular flexibility index (Phi) is 5.23. The van der Waals surface area contributed by atoms with E-state index in [9.17, 15) is 4.39 Å². The Morgan fingerprint density at radius 2 is 2.00 bits per heavy atom. The average molecular weight is 244 g/mol. The van der Waals surface area contributed by atoms with Crippen molar-refractivity contribution < 1.29 is 4.39 Å². The van der Waals surface area contributed by atoms with Crippen molar-refractivity contribution in [2.24, 2.45) is 5.92 Å². The van der Waals surface area contributed by atoms with E-state index in [4.69, 9.17) is 11.6 Å². The third kappa shape index (κ3) is 4.11. The molecule has 0 saturated heterocycles. The first-order valence-electron chi connectivity index (χ1n) is 5.67. The van der Waals surface area contributed by atoms with Crippen LogP contribution in [0.15, 0.2) is 18.2 Å². The molecular weight excluding hydrogens is 225 g/mol. The predicted octanol–water partition coefficient (Wildman–Crippen LogP) is 4.00. The molecular formula is C13H19ClFN. The van der Waals surface area contributed by atoms with Crippen LogP contribution in [0.5, 0.6) is 0 Å². The second-order valence-corrected chi connectivity index (χ2v) is 5.02. The first-order valence-corrected chi connectivity index (χ1v) is 6.04. The van der Waals surface area contributed by atoms with Crippen LogP contribution in [0.3, 0.4) is 0 Å².